The van der Waals surface area contributed by atoms with Crippen LogP contribution in [0.2, 0.25) is 0 Å². The number of hydrogen-bond donors (Lipinski definition) is 2. The van der Waals surface area contributed by atoms with E-state index < -0.39 is 0 Å². The topological polar surface area (TPSA) is 32.3 Å². The number of aryl methyl sites for hydroxylation is 1. The van der Waals surface area contributed by atoms with Crippen molar-refractivity contribution in [2.75, 3.05) is 6.54 Å². The van der Waals surface area contributed by atoms with Crippen molar-refractivity contribution in [2.45, 2.75) is 45.6 Å². The minimum absolute atomic E-state index is 0.390. The molecule has 2 N–H and O–H groups in total. The van der Waals surface area contributed by atoms with Gasteiger partial charge in [0.2, 0.25) is 0 Å². The number of hydrogen-bond acceptors (Lipinski definition) is 2. The van der Waals surface area contributed by atoms with Gasteiger partial charge in [-0.2, -0.15) is 0 Å². The molecule has 1 unspecified atom stereocenters. The zero-order valence-corrected chi connectivity index (χ0v) is 10.9. The van der Waals surface area contributed by atoms with Crippen molar-refractivity contribution in [3.8, 4) is 5.75 Å². The molecule has 0 fully saturated rings. The van der Waals surface area contributed by atoms with Gasteiger partial charge in [0.15, 0.2) is 0 Å². The van der Waals surface area contributed by atoms with Gasteiger partial charge < -0.3 is 10.4 Å². The fourth-order valence-corrected chi connectivity index (χ4v) is 2.54. The molecular weight excluding hydrogens is 210 g/mol. The second-order valence-electron chi connectivity index (χ2n) is 5.46. The first kappa shape index (κ1) is 12.4. The van der Waals surface area contributed by atoms with Crippen LogP contribution in [0.3, 0.4) is 0 Å². The van der Waals surface area contributed by atoms with E-state index in [1.807, 2.05) is 6.07 Å². The van der Waals surface area contributed by atoms with Gasteiger partial charge in [-0.3, -0.25) is 0 Å². The molecule has 0 aliphatic heterocycles. The zero-order chi connectivity index (χ0) is 12.3. The molecule has 17 heavy (non-hydrogen) atoms. The summed E-state index contributed by atoms with van der Waals surface area (Å²) in [6.07, 6.45) is 4.80. The fourth-order valence-electron chi connectivity index (χ4n) is 2.54. The second-order valence-corrected chi connectivity index (χ2v) is 5.46. The normalized spacial score (nSPS) is 19.4. The molecule has 2 heteroatoms. The van der Waals surface area contributed by atoms with Crippen molar-refractivity contribution < 1.29 is 5.11 Å². The van der Waals surface area contributed by atoms with Crippen LogP contribution in [0, 0.1) is 5.92 Å². The van der Waals surface area contributed by atoms with Crippen LogP contribution in [0.25, 0.3) is 0 Å². The third-order valence-electron chi connectivity index (χ3n) is 3.56. The van der Waals surface area contributed by atoms with Gasteiger partial charge in [-0.15, -0.1) is 0 Å². The highest BCUT2D eigenvalue weighted by Crippen LogP contribution is 2.32. The third kappa shape index (κ3) is 3.22. The van der Waals surface area contributed by atoms with Crippen molar-refractivity contribution in [3.05, 3.63) is 29.3 Å². The Hall–Kier alpha value is -1.02. The lowest BCUT2D eigenvalue weighted by molar-refractivity contribution is 0.427. The number of phenols is 1. The van der Waals surface area contributed by atoms with Crippen molar-refractivity contribution in [1.29, 1.82) is 0 Å². The van der Waals surface area contributed by atoms with Gasteiger partial charge in [0.25, 0.3) is 0 Å². The predicted octanol–water partition coefficient (Wildman–Crippen LogP) is 3.41. The van der Waals surface area contributed by atoms with E-state index in [0.717, 1.165) is 18.9 Å². The standard InChI is InChI=1S/C15H23NO/c1-11(2)8-9-16-15-5-3-4-12-6-7-13(17)10-14(12)15/h6-7,10-11,15-17H,3-5,8-9H2,1-2H3. The lowest BCUT2D eigenvalue weighted by atomic mass is 9.87. The van der Waals surface area contributed by atoms with Gasteiger partial charge in [0.1, 0.15) is 5.75 Å². The van der Waals surface area contributed by atoms with Gasteiger partial charge in [-0.05, 0) is 61.4 Å². The maximum atomic E-state index is 9.59. The molecule has 0 saturated heterocycles. The van der Waals surface area contributed by atoms with Crippen LogP contribution >= 0.6 is 0 Å². The van der Waals surface area contributed by atoms with E-state index in [4.69, 9.17) is 0 Å². The van der Waals surface area contributed by atoms with E-state index in [-0.39, 0.29) is 0 Å². The summed E-state index contributed by atoms with van der Waals surface area (Å²) in [5, 5.41) is 13.2. The number of benzene rings is 1. The SMILES string of the molecule is CC(C)CCNC1CCCc2ccc(O)cc21. The molecule has 0 radical (unpaired) electrons. The van der Waals surface area contributed by atoms with Crippen LogP contribution in [-0.2, 0) is 6.42 Å². The Morgan fingerprint density at radius 1 is 1.41 bits per heavy atom. The summed E-state index contributed by atoms with van der Waals surface area (Å²) >= 11 is 0. The molecule has 2 nitrogen and oxygen atoms in total. The summed E-state index contributed by atoms with van der Waals surface area (Å²) in [6, 6.07) is 6.24. The Morgan fingerprint density at radius 2 is 2.24 bits per heavy atom. The quantitative estimate of drug-likeness (QED) is 0.835. The van der Waals surface area contributed by atoms with E-state index in [1.165, 1.54) is 30.4 Å². The van der Waals surface area contributed by atoms with Crippen molar-refractivity contribution in [1.82, 2.24) is 5.32 Å². The maximum Gasteiger partial charge on any atom is 0.115 e. The molecule has 94 valence electrons. The number of phenolic OH excluding ortho intramolecular Hbond substituents is 1. The van der Waals surface area contributed by atoms with Crippen molar-refractivity contribution in [2.24, 2.45) is 5.92 Å². The Morgan fingerprint density at radius 3 is 3.00 bits per heavy atom. The second kappa shape index (κ2) is 5.54. The van der Waals surface area contributed by atoms with Crippen LogP contribution < -0.4 is 5.32 Å². The minimum atomic E-state index is 0.390. The third-order valence-corrected chi connectivity index (χ3v) is 3.56. The average molecular weight is 233 g/mol. The first-order valence-electron chi connectivity index (χ1n) is 6.72. The van der Waals surface area contributed by atoms with E-state index in [0.29, 0.717) is 11.8 Å². The molecule has 1 atom stereocenters. The van der Waals surface area contributed by atoms with Gasteiger partial charge in [-0.1, -0.05) is 19.9 Å². The highest BCUT2D eigenvalue weighted by atomic mass is 16.3. The van der Waals surface area contributed by atoms with Crippen molar-refractivity contribution in [3.63, 3.8) is 0 Å². The van der Waals surface area contributed by atoms with Gasteiger partial charge in [0.05, 0.1) is 0 Å². The van der Waals surface area contributed by atoms with Gasteiger partial charge in [-0.25, -0.2) is 0 Å². The van der Waals surface area contributed by atoms with Crippen LogP contribution in [0.5, 0.6) is 5.75 Å². The Bertz CT molecular complexity index is 373. The molecular formula is C15H23NO. The molecule has 1 aromatic rings. The van der Waals surface area contributed by atoms with Gasteiger partial charge in [0, 0.05) is 6.04 Å². The number of aromatic hydroxyl groups is 1. The minimum Gasteiger partial charge on any atom is -0.508 e. The highest BCUT2D eigenvalue weighted by Gasteiger charge is 2.19. The van der Waals surface area contributed by atoms with Crippen molar-refractivity contribution >= 4 is 0 Å². The molecule has 0 amide bonds. The van der Waals surface area contributed by atoms with E-state index in [2.05, 4.69) is 25.2 Å². The molecule has 2 rings (SSSR count). The molecule has 0 saturated carbocycles. The molecule has 1 aliphatic carbocycles. The predicted molar refractivity (Wildman–Crippen MR) is 71.2 cm³/mol. The summed E-state index contributed by atoms with van der Waals surface area (Å²) in [7, 11) is 0. The summed E-state index contributed by atoms with van der Waals surface area (Å²) in [6.45, 7) is 5.57. The number of rotatable bonds is 4. The Balaban J connectivity index is 2.03. The Kier molecular flexibility index (Phi) is 4.06. The van der Waals surface area contributed by atoms with Crippen LogP contribution in [0.4, 0.5) is 0 Å². The molecule has 0 bridgehead atoms. The summed E-state index contributed by atoms with van der Waals surface area (Å²) in [5.41, 5.74) is 2.70. The zero-order valence-electron chi connectivity index (χ0n) is 10.9. The van der Waals surface area contributed by atoms with Crippen LogP contribution in [-0.4, -0.2) is 11.7 Å². The Labute approximate surface area is 104 Å². The highest BCUT2D eigenvalue weighted by molar-refractivity contribution is 5.38. The van der Waals surface area contributed by atoms with Crippen LogP contribution in [0.15, 0.2) is 18.2 Å². The summed E-state index contributed by atoms with van der Waals surface area (Å²) in [4.78, 5) is 0. The number of fused-ring (bicyclic) bond motifs is 1. The largest absolute Gasteiger partial charge is 0.508 e. The first-order chi connectivity index (χ1) is 8.16. The molecule has 0 heterocycles. The lowest BCUT2D eigenvalue weighted by Crippen LogP contribution is -2.26. The average Bonchev–Trinajstić information content (AvgIpc) is 2.29. The fraction of sp³-hybridized carbons (Fsp3) is 0.600. The summed E-state index contributed by atoms with van der Waals surface area (Å²) in [5.74, 6) is 1.14. The van der Waals surface area contributed by atoms with E-state index >= 15 is 0 Å². The lowest BCUT2D eigenvalue weighted by Gasteiger charge is -2.27. The molecule has 0 aromatic heterocycles. The maximum absolute atomic E-state index is 9.59. The van der Waals surface area contributed by atoms with E-state index in [1.54, 1.807) is 6.07 Å². The van der Waals surface area contributed by atoms with E-state index in [9.17, 15) is 5.11 Å². The molecule has 0 spiro atoms. The molecule has 1 aliphatic rings. The van der Waals surface area contributed by atoms with Crippen LogP contribution in [0.1, 0.15) is 50.3 Å². The monoisotopic (exact) mass is 233 g/mol. The smallest absolute Gasteiger partial charge is 0.115 e. The first-order valence-corrected chi connectivity index (χ1v) is 6.72. The summed E-state index contributed by atoms with van der Waals surface area (Å²) < 4.78 is 0. The number of nitrogens with one attached hydrogen (secondary N) is 1. The molecule has 1 aromatic carbocycles. The van der Waals surface area contributed by atoms with Gasteiger partial charge >= 0.3 is 0 Å².